The van der Waals surface area contributed by atoms with E-state index in [1.807, 2.05) is 35.2 Å². The van der Waals surface area contributed by atoms with Gasteiger partial charge in [0.15, 0.2) is 0 Å². The van der Waals surface area contributed by atoms with Crippen LogP contribution in [0.2, 0.25) is 0 Å². The predicted octanol–water partition coefficient (Wildman–Crippen LogP) is 4.17. The Morgan fingerprint density at radius 3 is 2.52 bits per heavy atom. The zero-order valence-corrected chi connectivity index (χ0v) is 17.0. The van der Waals surface area contributed by atoms with E-state index in [-0.39, 0.29) is 18.3 Å². The summed E-state index contributed by atoms with van der Waals surface area (Å²) in [6.07, 6.45) is 0. The van der Waals surface area contributed by atoms with Gasteiger partial charge in [-0.3, -0.25) is 9.69 Å². The van der Waals surface area contributed by atoms with Crippen LogP contribution in [0.3, 0.4) is 0 Å². The van der Waals surface area contributed by atoms with Crippen molar-refractivity contribution < 1.29 is 4.79 Å². The Kier molecular flexibility index (Phi) is 6.05. The van der Waals surface area contributed by atoms with E-state index in [0.717, 1.165) is 48.9 Å². The summed E-state index contributed by atoms with van der Waals surface area (Å²) in [7, 11) is 0. The average molecular weight is 402 g/mol. The second-order valence-corrected chi connectivity index (χ2v) is 7.92. The lowest BCUT2D eigenvalue weighted by Gasteiger charge is -2.34. The molecule has 1 fully saturated rings. The van der Waals surface area contributed by atoms with E-state index in [2.05, 4.69) is 30.0 Å². The summed E-state index contributed by atoms with van der Waals surface area (Å²) >= 11 is 1.61. The summed E-state index contributed by atoms with van der Waals surface area (Å²) in [5.41, 5.74) is 9.00. The van der Waals surface area contributed by atoms with Crippen molar-refractivity contribution in [3.63, 3.8) is 0 Å². The first-order chi connectivity index (χ1) is 12.6. The van der Waals surface area contributed by atoms with Crippen molar-refractivity contribution in [2.24, 2.45) is 0 Å². The molecule has 0 radical (unpaired) electrons. The molecule has 4 rings (SSSR count). The molecule has 1 saturated heterocycles. The third-order valence-electron chi connectivity index (χ3n) is 5.05. The van der Waals surface area contributed by atoms with E-state index in [4.69, 9.17) is 5.73 Å². The lowest BCUT2D eigenvalue weighted by atomic mass is 10.1. The van der Waals surface area contributed by atoms with Gasteiger partial charge in [0.1, 0.15) is 0 Å². The lowest BCUT2D eigenvalue weighted by Crippen LogP contribution is -2.48. The van der Waals surface area contributed by atoms with Crippen LogP contribution in [0.15, 0.2) is 48.5 Å². The minimum absolute atomic E-state index is 0. The first-order valence-corrected chi connectivity index (χ1v) is 9.77. The number of hydrogen-bond donors (Lipinski definition) is 1. The Morgan fingerprint density at radius 2 is 1.81 bits per heavy atom. The molecule has 0 spiro atoms. The first kappa shape index (κ1) is 19.7. The maximum Gasteiger partial charge on any atom is 0.264 e. The molecule has 4 nitrogen and oxygen atoms in total. The number of benzene rings is 2. The zero-order valence-electron chi connectivity index (χ0n) is 15.4. The lowest BCUT2D eigenvalue weighted by molar-refractivity contribution is 0.0632. The van der Waals surface area contributed by atoms with Gasteiger partial charge in [-0.25, -0.2) is 0 Å². The van der Waals surface area contributed by atoms with Gasteiger partial charge in [0.25, 0.3) is 5.91 Å². The SMILES string of the molecule is Cc1c(C(=O)N2CCN(Cc3cccc(N)c3)CC2)sc2ccccc12.Cl. The fraction of sp³-hybridized carbons (Fsp3) is 0.286. The van der Waals surface area contributed by atoms with Crippen LogP contribution in [-0.4, -0.2) is 41.9 Å². The molecule has 2 aromatic carbocycles. The normalized spacial score (nSPS) is 14.9. The summed E-state index contributed by atoms with van der Waals surface area (Å²) in [5, 5.41) is 1.20. The van der Waals surface area contributed by atoms with Crippen LogP contribution in [0, 0.1) is 6.92 Å². The summed E-state index contributed by atoms with van der Waals surface area (Å²) < 4.78 is 1.19. The van der Waals surface area contributed by atoms with Gasteiger partial charge in [0.2, 0.25) is 0 Å². The van der Waals surface area contributed by atoms with Gasteiger partial charge in [0, 0.05) is 43.1 Å². The molecule has 3 aromatic rings. The third-order valence-corrected chi connectivity index (χ3v) is 6.32. The molecule has 142 valence electrons. The number of halogens is 1. The van der Waals surface area contributed by atoms with E-state index in [1.54, 1.807) is 11.3 Å². The second kappa shape index (κ2) is 8.30. The number of fused-ring (bicyclic) bond motifs is 1. The van der Waals surface area contributed by atoms with Gasteiger partial charge >= 0.3 is 0 Å². The van der Waals surface area contributed by atoms with E-state index in [1.165, 1.54) is 15.6 Å². The highest BCUT2D eigenvalue weighted by Gasteiger charge is 2.25. The van der Waals surface area contributed by atoms with Crippen LogP contribution in [0.5, 0.6) is 0 Å². The molecule has 1 aliphatic heterocycles. The summed E-state index contributed by atoms with van der Waals surface area (Å²) in [6, 6.07) is 16.3. The number of nitrogens with two attached hydrogens (primary N) is 1. The predicted molar refractivity (Wildman–Crippen MR) is 116 cm³/mol. The van der Waals surface area contributed by atoms with Crippen LogP contribution < -0.4 is 5.73 Å². The monoisotopic (exact) mass is 401 g/mol. The molecule has 0 saturated carbocycles. The molecular formula is C21H24ClN3OS. The number of nitrogens with zero attached hydrogens (tertiary/aromatic N) is 2. The van der Waals surface area contributed by atoms with Crippen LogP contribution >= 0.6 is 23.7 Å². The highest BCUT2D eigenvalue weighted by molar-refractivity contribution is 7.21. The van der Waals surface area contributed by atoms with Crippen molar-refractivity contribution in [2.45, 2.75) is 13.5 Å². The van der Waals surface area contributed by atoms with Crippen molar-refractivity contribution in [3.8, 4) is 0 Å². The van der Waals surface area contributed by atoms with E-state index < -0.39 is 0 Å². The largest absolute Gasteiger partial charge is 0.399 e. The minimum Gasteiger partial charge on any atom is -0.399 e. The molecule has 1 aliphatic rings. The summed E-state index contributed by atoms with van der Waals surface area (Å²) in [5.74, 6) is 0.173. The molecule has 6 heteroatoms. The van der Waals surface area contributed by atoms with E-state index in [0.29, 0.717) is 0 Å². The first-order valence-electron chi connectivity index (χ1n) is 8.96. The summed E-state index contributed by atoms with van der Waals surface area (Å²) in [4.78, 5) is 18.3. The van der Waals surface area contributed by atoms with Gasteiger partial charge in [-0.05, 0) is 41.6 Å². The smallest absolute Gasteiger partial charge is 0.264 e. The number of anilines is 1. The number of piperazine rings is 1. The number of carbonyl (C=O) groups is 1. The molecule has 0 aliphatic carbocycles. The van der Waals surface area contributed by atoms with Gasteiger partial charge in [-0.2, -0.15) is 0 Å². The fourth-order valence-corrected chi connectivity index (χ4v) is 4.76. The molecule has 1 aromatic heterocycles. The number of rotatable bonds is 3. The standard InChI is InChI=1S/C21H23N3OS.ClH/c1-15-18-7-2-3-8-19(18)26-20(15)21(25)24-11-9-23(10-12-24)14-16-5-4-6-17(22)13-16;/h2-8,13H,9-12,14,22H2,1H3;1H. The molecule has 2 heterocycles. The van der Waals surface area contributed by atoms with Gasteiger partial charge in [-0.15, -0.1) is 23.7 Å². The number of aryl methyl sites for hydroxylation is 1. The Morgan fingerprint density at radius 1 is 1.07 bits per heavy atom. The van der Waals surface area contributed by atoms with Crippen molar-refractivity contribution in [1.29, 1.82) is 0 Å². The maximum absolute atomic E-state index is 13.0. The fourth-order valence-electron chi connectivity index (χ4n) is 3.58. The topological polar surface area (TPSA) is 49.6 Å². The number of hydrogen-bond acceptors (Lipinski definition) is 4. The second-order valence-electron chi connectivity index (χ2n) is 6.87. The van der Waals surface area contributed by atoms with Crippen molar-refractivity contribution in [3.05, 3.63) is 64.5 Å². The third kappa shape index (κ3) is 4.10. The van der Waals surface area contributed by atoms with E-state index in [9.17, 15) is 4.79 Å². The maximum atomic E-state index is 13.0. The molecule has 1 amide bonds. The summed E-state index contributed by atoms with van der Waals surface area (Å²) in [6.45, 7) is 6.27. The average Bonchev–Trinajstić information content (AvgIpc) is 2.99. The Bertz CT molecular complexity index is 948. The molecule has 0 bridgehead atoms. The minimum atomic E-state index is 0. The van der Waals surface area contributed by atoms with Gasteiger partial charge in [-0.1, -0.05) is 30.3 Å². The van der Waals surface area contributed by atoms with Crippen molar-refractivity contribution in [2.75, 3.05) is 31.9 Å². The van der Waals surface area contributed by atoms with Crippen molar-refractivity contribution in [1.82, 2.24) is 9.80 Å². The number of amides is 1. The Hall–Kier alpha value is -2.08. The molecular weight excluding hydrogens is 378 g/mol. The highest BCUT2D eigenvalue weighted by atomic mass is 35.5. The van der Waals surface area contributed by atoms with Crippen LogP contribution in [0.1, 0.15) is 20.8 Å². The Balaban J connectivity index is 0.00000210. The Labute approximate surface area is 170 Å². The number of nitrogen functional groups attached to an aromatic ring is 1. The van der Waals surface area contributed by atoms with Gasteiger partial charge in [0.05, 0.1) is 4.88 Å². The van der Waals surface area contributed by atoms with Gasteiger partial charge < -0.3 is 10.6 Å². The van der Waals surface area contributed by atoms with Crippen LogP contribution in [0.25, 0.3) is 10.1 Å². The highest BCUT2D eigenvalue weighted by Crippen LogP contribution is 2.31. The molecule has 0 atom stereocenters. The quantitative estimate of drug-likeness (QED) is 0.670. The molecule has 0 unspecified atom stereocenters. The molecule has 27 heavy (non-hydrogen) atoms. The number of thiophene rings is 1. The number of carbonyl (C=O) groups excluding carboxylic acids is 1. The van der Waals surface area contributed by atoms with Crippen LogP contribution in [-0.2, 0) is 6.54 Å². The van der Waals surface area contributed by atoms with Crippen molar-refractivity contribution >= 4 is 45.4 Å². The zero-order chi connectivity index (χ0) is 18.1. The molecule has 2 N–H and O–H groups in total. The van der Waals surface area contributed by atoms with Crippen LogP contribution in [0.4, 0.5) is 5.69 Å². The van der Waals surface area contributed by atoms with E-state index >= 15 is 0 Å².